The van der Waals surface area contributed by atoms with Crippen LogP contribution in [0.5, 0.6) is 0 Å². The molecule has 4 rings (SSSR count). The van der Waals surface area contributed by atoms with E-state index in [1.165, 1.54) is 0 Å². The molecule has 2 aromatic carbocycles. The highest BCUT2D eigenvalue weighted by atomic mass is 16.7. The Labute approximate surface area is 457 Å². The Morgan fingerprint density at radius 2 is 0.705 bits per heavy atom. The molecule has 2 aliphatic heterocycles. The van der Waals surface area contributed by atoms with Gasteiger partial charge in [0.1, 0.15) is 36.6 Å². The van der Waals surface area contributed by atoms with Crippen molar-refractivity contribution in [2.24, 2.45) is 0 Å². The van der Waals surface area contributed by atoms with Crippen molar-refractivity contribution in [1.82, 2.24) is 4.90 Å². The Kier molecular flexibility index (Phi) is 37.8. The van der Waals surface area contributed by atoms with Gasteiger partial charge >= 0.3 is 5.97 Å². The summed E-state index contributed by atoms with van der Waals surface area (Å²) in [5, 5.41) is 75.1. The Bertz CT molecular complexity index is 1640. The Morgan fingerprint density at radius 1 is 0.436 bits per heavy atom. The summed E-state index contributed by atoms with van der Waals surface area (Å²) in [7, 11) is 0. The summed E-state index contributed by atoms with van der Waals surface area (Å²) < 4.78 is 89.0. The molecule has 0 radical (unpaired) electrons. The normalized spacial score (nSPS) is 21.4. The zero-order valence-corrected chi connectivity index (χ0v) is 44.8. The van der Waals surface area contributed by atoms with E-state index in [0.29, 0.717) is 143 Å². The zero-order chi connectivity index (χ0) is 55.7. The van der Waals surface area contributed by atoms with Crippen LogP contribution in [-0.4, -0.2) is 287 Å². The van der Waals surface area contributed by atoms with Crippen LogP contribution in [0, 0.1) is 0 Å². The van der Waals surface area contributed by atoms with Gasteiger partial charge in [0, 0.05) is 30.8 Å². The van der Waals surface area contributed by atoms with Crippen LogP contribution in [-0.2, 0) is 80.6 Å². The predicted molar refractivity (Wildman–Crippen MR) is 275 cm³/mol. The maximum Gasteiger partial charge on any atom is 0.305 e. The molecule has 2 aliphatic rings. The number of carbonyl (C=O) groups is 1. The summed E-state index contributed by atoms with van der Waals surface area (Å²) in [6.07, 6.45) is -12.7. The molecule has 0 aliphatic carbocycles. The van der Waals surface area contributed by atoms with Crippen LogP contribution >= 0.6 is 0 Å². The number of carboxylic acid groups (broad SMARTS) is 1. The van der Waals surface area contributed by atoms with Crippen molar-refractivity contribution in [3.8, 4) is 0 Å². The molecule has 0 saturated carbocycles. The highest BCUT2D eigenvalue weighted by molar-refractivity contribution is 5.66. The SMILES string of the molecule is O=C(O)CCOCCOCCOCCOCCOCCOCCOCCOCCOCCOCCOCCOCCN(C[C@@H](O)[C@H](O)C1OC(c2ccccc2)OCC1O)C[C@@H](O)[C@H](O)C1OC(c2ccccc2)OC[C@@H]1O. The number of aliphatic carboxylic acids is 1. The van der Waals surface area contributed by atoms with Gasteiger partial charge in [0.2, 0.25) is 0 Å². The number of ether oxygens (including phenoxy) is 16. The molecule has 0 amide bonds. The summed E-state index contributed by atoms with van der Waals surface area (Å²) in [5.74, 6) is -0.889. The number of hydrogen-bond acceptors (Lipinski definition) is 24. The van der Waals surface area contributed by atoms with E-state index in [0.717, 1.165) is 0 Å². The maximum absolute atomic E-state index is 11.3. The van der Waals surface area contributed by atoms with Crippen LogP contribution in [0.4, 0.5) is 0 Å². The lowest BCUT2D eigenvalue weighted by atomic mass is 9.99. The van der Waals surface area contributed by atoms with Crippen molar-refractivity contribution in [2.45, 2.75) is 67.8 Å². The average Bonchev–Trinajstić information content (AvgIpc) is 3.46. The van der Waals surface area contributed by atoms with Gasteiger partial charge in [-0.15, -0.1) is 0 Å². The number of aliphatic hydroxyl groups is 6. The van der Waals surface area contributed by atoms with Crippen LogP contribution in [0.3, 0.4) is 0 Å². The fourth-order valence-electron chi connectivity index (χ4n) is 7.61. The zero-order valence-electron chi connectivity index (χ0n) is 44.8. The smallest absolute Gasteiger partial charge is 0.305 e. The van der Waals surface area contributed by atoms with E-state index in [-0.39, 0.29) is 65.7 Å². The molecule has 0 spiro atoms. The second-order valence-corrected chi connectivity index (χ2v) is 17.9. The fraction of sp³-hybridized carbons (Fsp3) is 0.755. The largest absolute Gasteiger partial charge is 0.481 e. The first-order valence-corrected chi connectivity index (χ1v) is 26.7. The number of carboxylic acids is 1. The Morgan fingerprint density at radius 3 is 0.987 bits per heavy atom. The van der Waals surface area contributed by atoms with Crippen molar-refractivity contribution >= 4 is 5.97 Å². The van der Waals surface area contributed by atoms with Crippen molar-refractivity contribution in [3.63, 3.8) is 0 Å². The topological polar surface area (TPSA) is 310 Å². The van der Waals surface area contributed by atoms with E-state index >= 15 is 0 Å². The van der Waals surface area contributed by atoms with Gasteiger partial charge < -0.3 is 112 Å². The first-order valence-electron chi connectivity index (χ1n) is 26.7. The van der Waals surface area contributed by atoms with Gasteiger partial charge in [-0.3, -0.25) is 9.69 Å². The van der Waals surface area contributed by atoms with E-state index in [1.54, 1.807) is 53.4 Å². The Balaban J connectivity index is 0.962. The molecule has 2 heterocycles. The van der Waals surface area contributed by atoms with Gasteiger partial charge in [-0.2, -0.15) is 0 Å². The summed E-state index contributed by atoms with van der Waals surface area (Å²) in [5.41, 5.74) is 1.35. The van der Waals surface area contributed by atoms with Gasteiger partial charge in [0.15, 0.2) is 12.6 Å². The lowest BCUT2D eigenvalue weighted by Crippen LogP contribution is -2.56. The molecule has 448 valence electrons. The van der Waals surface area contributed by atoms with Gasteiger partial charge in [-0.1, -0.05) is 60.7 Å². The molecule has 2 saturated heterocycles. The summed E-state index contributed by atoms with van der Waals surface area (Å²) in [4.78, 5) is 12.0. The van der Waals surface area contributed by atoms with Crippen molar-refractivity contribution in [1.29, 1.82) is 0 Å². The van der Waals surface area contributed by atoms with E-state index in [1.807, 2.05) is 12.1 Å². The van der Waals surface area contributed by atoms with Gasteiger partial charge in [-0.25, -0.2) is 0 Å². The molecule has 5 unspecified atom stereocenters. The molecule has 0 bridgehead atoms. The molecule has 0 aromatic heterocycles. The maximum atomic E-state index is 11.3. The van der Waals surface area contributed by atoms with Crippen LogP contribution in [0.15, 0.2) is 60.7 Å². The lowest BCUT2D eigenvalue weighted by Gasteiger charge is -2.40. The van der Waals surface area contributed by atoms with E-state index < -0.39 is 67.4 Å². The second-order valence-electron chi connectivity index (χ2n) is 17.9. The summed E-state index contributed by atoms with van der Waals surface area (Å²) in [6, 6.07) is 18.0. The molecular weight excluding hydrogens is 1030 g/mol. The molecular formula is C53H87NO24. The minimum absolute atomic E-state index is 0.0207. The lowest BCUT2D eigenvalue weighted by molar-refractivity contribution is -0.285. The van der Waals surface area contributed by atoms with Crippen LogP contribution in [0.25, 0.3) is 0 Å². The quantitative estimate of drug-likeness (QED) is 0.0405. The summed E-state index contributed by atoms with van der Waals surface area (Å²) in [6.45, 7) is 8.53. The summed E-state index contributed by atoms with van der Waals surface area (Å²) >= 11 is 0. The highest BCUT2D eigenvalue weighted by Gasteiger charge is 2.42. The number of nitrogens with zero attached hydrogens (tertiary/aromatic N) is 1. The van der Waals surface area contributed by atoms with Crippen molar-refractivity contribution < 1.29 is 116 Å². The van der Waals surface area contributed by atoms with Gasteiger partial charge in [-0.05, 0) is 0 Å². The van der Waals surface area contributed by atoms with Gasteiger partial charge in [0.05, 0.1) is 190 Å². The Hall–Kier alpha value is -3.01. The third-order valence-corrected chi connectivity index (χ3v) is 11.8. The predicted octanol–water partition coefficient (Wildman–Crippen LogP) is -0.644. The minimum Gasteiger partial charge on any atom is -0.481 e. The molecule has 25 nitrogen and oxygen atoms in total. The molecule has 7 N–H and O–H groups in total. The number of aliphatic hydroxyl groups excluding tert-OH is 6. The van der Waals surface area contributed by atoms with E-state index in [9.17, 15) is 35.4 Å². The van der Waals surface area contributed by atoms with Crippen LogP contribution < -0.4 is 0 Å². The van der Waals surface area contributed by atoms with Crippen molar-refractivity contribution in [2.75, 3.05) is 191 Å². The van der Waals surface area contributed by atoms with Crippen LogP contribution in [0.1, 0.15) is 30.1 Å². The number of rotatable bonds is 49. The first-order chi connectivity index (χ1) is 38.1. The molecule has 25 heteroatoms. The highest BCUT2D eigenvalue weighted by Crippen LogP contribution is 2.30. The number of hydrogen-bond donors (Lipinski definition) is 7. The third-order valence-electron chi connectivity index (χ3n) is 11.8. The van der Waals surface area contributed by atoms with Gasteiger partial charge in [0.25, 0.3) is 0 Å². The third kappa shape index (κ3) is 30.2. The molecule has 10 atom stereocenters. The monoisotopic (exact) mass is 1120 g/mol. The van der Waals surface area contributed by atoms with E-state index in [2.05, 4.69) is 0 Å². The average molecular weight is 1120 g/mol. The number of benzene rings is 2. The molecule has 78 heavy (non-hydrogen) atoms. The second kappa shape index (κ2) is 43.7. The van der Waals surface area contributed by atoms with E-state index in [4.69, 9.17) is 80.9 Å². The van der Waals surface area contributed by atoms with Crippen LogP contribution in [0.2, 0.25) is 0 Å². The standard InChI is InChI=1S/C53H87NO24/c55-43(48(61)50-45(57)39-75-52(77-50)41-7-3-1-4-8-41)37-54(38-44(56)49(62)51-46(58)40-76-53(78-51)42-9-5-2-6-10-42)12-14-64-16-18-66-20-22-68-24-26-70-28-30-72-32-34-74-36-35-73-33-31-71-29-27-69-25-23-67-21-19-65-17-15-63-13-11-47(59)60/h1-10,43-46,48-53,55-58,61-62H,11-40H2,(H,59,60)/t43-,44-,45+,46?,48+,49+,50?,51?,52?,53?/m1/s1. The van der Waals surface area contributed by atoms with Crippen molar-refractivity contribution in [3.05, 3.63) is 71.8 Å². The first kappa shape index (κ1) is 67.5. The molecule has 2 aromatic rings. The minimum atomic E-state index is -1.56. The molecule has 2 fully saturated rings. The fourth-order valence-corrected chi connectivity index (χ4v) is 7.61.